The topological polar surface area (TPSA) is 59.2 Å². The molecule has 0 bridgehead atoms. The maximum atomic E-state index is 12.5. The first-order chi connectivity index (χ1) is 9.67. The molecule has 5 heteroatoms. The Labute approximate surface area is 122 Å². The third-order valence-corrected chi connectivity index (χ3v) is 4.77. The van der Waals surface area contributed by atoms with Crippen LogP contribution in [0.2, 0.25) is 0 Å². The fourth-order valence-corrected chi connectivity index (χ4v) is 3.69. The molecule has 0 saturated carbocycles. The molecule has 2 aromatic rings. The molecular formula is C15H19N3OS. The highest BCUT2D eigenvalue weighted by molar-refractivity contribution is 7.22. The molecule has 1 aliphatic rings. The molecule has 1 aromatic carbocycles. The van der Waals surface area contributed by atoms with E-state index in [1.165, 1.54) is 24.2 Å². The van der Waals surface area contributed by atoms with Crippen molar-refractivity contribution in [2.75, 3.05) is 18.8 Å². The van der Waals surface area contributed by atoms with Crippen LogP contribution in [0, 0.1) is 5.92 Å². The molecule has 1 amide bonds. The Morgan fingerprint density at radius 1 is 1.55 bits per heavy atom. The van der Waals surface area contributed by atoms with E-state index in [-0.39, 0.29) is 5.91 Å². The van der Waals surface area contributed by atoms with Gasteiger partial charge in [0.05, 0.1) is 10.2 Å². The van der Waals surface area contributed by atoms with E-state index in [0.717, 1.165) is 35.3 Å². The van der Waals surface area contributed by atoms with Gasteiger partial charge in [-0.3, -0.25) is 4.79 Å². The summed E-state index contributed by atoms with van der Waals surface area (Å²) in [6.07, 6.45) is 3.54. The predicted octanol–water partition coefficient (Wildman–Crippen LogP) is 3.14. The van der Waals surface area contributed by atoms with Crippen molar-refractivity contribution in [2.45, 2.75) is 26.2 Å². The lowest BCUT2D eigenvalue weighted by Crippen LogP contribution is -2.28. The molecule has 2 N–H and O–H groups in total. The Hall–Kier alpha value is -1.62. The smallest absolute Gasteiger partial charge is 0.253 e. The van der Waals surface area contributed by atoms with Gasteiger partial charge in [-0.1, -0.05) is 24.7 Å². The quantitative estimate of drug-likeness (QED) is 0.944. The van der Waals surface area contributed by atoms with Crippen LogP contribution in [0.5, 0.6) is 0 Å². The van der Waals surface area contributed by atoms with Gasteiger partial charge in [0, 0.05) is 18.7 Å². The summed E-state index contributed by atoms with van der Waals surface area (Å²) in [5, 5.41) is 0.550. The molecule has 1 saturated heterocycles. The van der Waals surface area contributed by atoms with E-state index in [1.54, 1.807) is 0 Å². The van der Waals surface area contributed by atoms with Crippen molar-refractivity contribution in [1.82, 2.24) is 9.88 Å². The van der Waals surface area contributed by atoms with Gasteiger partial charge in [-0.05, 0) is 37.0 Å². The number of fused-ring (bicyclic) bond motifs is 1. The minimum atomic E-state index is 0.137. The average Bonchev–Trinajstić information content (AvgIpc) is 3.02. The van der Waals surface area contributed by atoms with Crippen molar-refractivity contribution in [3.8, 4) is 0 Å². The summed E-state index contributed by atoms with van der Waals surface area (Å²) in [6.45, 7) is 3.98. The fourth-order valence-electron chi connectivity index (χ4n) is 2.92. The zero-order valence-corrected chi connectivity index (χ0v) is 12.4. The summed E-state index contributed by atoms with van der Waals surface area (Å²) < 4.78 is 0.984. The Kier molecular flexibility index (Phi) is 3.61. The summed E-state index contributed by atoms with van der Waals surface area (Å²) in [5.74, 6) is 0.809. The van der Waals surface area contributed by atoms with Gasteiger partial charge in [-0.25, -0.2) is 4.98 Å². The lowest BCUT2D eigenvalue weighted by Gasteiger charge is -2.16. The number of thiazole rings is 1. The molecule has 0 spiro atoms. The third-order valence-electron chi connectivity index (χ3n) is 3.92. The van der Waals surface area contributed by atoms with Crippen LogP contribution in [0.15, 0.2) is 18.2 Å². The number of benzene rings is 1. The van der Waals surface area contributed by atoms with Gasteiger partial charge in [0.1, 0.15) is 0 Å². The minimum absolute atomic E-state index is 0.137. The average molecular weight is 289 g/mol. The highest BCUT2D eigenvalue weighted by Gasteiger charge is 2.26. The number of carbonyl (C=O) groups excluding carboxylic acids is 1. The van der Waals surface area contributed by atoms with Crippen LogP contribution >= 0.6 is 11.3 Å². The lowest BCUT2D eigenvalue weighted by atomic mass is 10.0. The number of amides is 1. The second-order valence-electron chi connectivity index (χ2n) is 5.43. The number of carbonyl (C=O) groups is 1. The number of hydrogen-bond donors (Lipinski definition) is 1. The van der Waals surface area contributed by atoms with Crippen molar-refractivity contribution in [3.63, 3.8) is 0 Å². The predicted molar refractivity (Wildman–Crippen MR) is 83.0 cm³/mol. The van der Waals surface area contributed by atoms with Crippen LogP contribution in [0.25, 0.3) is 10.2 Å². The van der Waals surface area contributed by atoms with Gasteiger partial charge in [0.25, 0.3) is 5.91 Å². The molecule has 4 nitrogen and oxygen atoms in total. The number of nitrogens with two attached hydrogens (primary N) is 1. The number of nitrogen functional groups attached to an aromatic ring is 1. The highest BCUT2D eigenvalue weighted by atomic mass is 32.1. The van der Waals surface area contributed by atoms with Crippen molar-refractivity contribution in [3.05, 3.63) is 23.8 Å². The third kappa shape index (κ3) is 2.50. The largest absolute Gasteiger partial charge is 0.375 e. The molecule has 1 aromatic heterocycles. The van der Waals surface area contributed by atoms with Crippen LogP contribution in [0.4, 0.5) is 5.13 Å². The van der Waals surface area contributed by atoms with Crippen LogP contribution in [-0.4, -0.2) is 28.9 Å². The molecule has 1 atom stereocenters. The van der Waals surface area contributed by atoms with Crippen molar-refractivity contribution in [2.24, 2.45) is 5.92 Å². The minimum Gasteiger partial charge on any atom is -0.375 e. The van der Waals surface area contributed by atoms with Crippen LogP contribution in [-0.2, 0) is 0 Å². The standard InChI is InChI=1S/C15H19N3OS/c1-2-3-10-6-7-18(9-10)14(19)11-4-5-12-13(8-11)20-15(16)17-12/h4-5,8,10H,2-3,6-7,9H2,1H3,(H2,16,17). The summed E-state index contributed by atoms with van der Waals surface area (Å²) >= 11 is 1.43. The summed E-state index contributed by atoms with van der Waals surface area (Å²) in [5.41, 5.74) is 7.32. The number of nitrogens with zero attached hydrogens (tertiary/aromatic N) is 2. The first kappa shape index (κ1) is 13.4. The van der Waals surface area contributed by atoms with Gasteiger partial charge in [-0.2, -0.15) is 0 Å². The molecule has 20 heavy (non-hydrogen) atoms. The lowest BCUT2D eigenvalue weighted by molar-refractivity contribution is 0.0786. The summed E-state index contributed by atoms with van der Waals surface area (Å²) in [6, 6.07) is 5.66. The molecule has 1 unspecified atom stereocenters. The zero-order chi connectivity index (χ0) is 14.1. The first-order valence-electron chi connectivity index (χ1n) is 7.12. The van der Waals surface area contributed by atoms with Crippen molar-refractivity contribution < 1.29 is 4.79 Å². The van der Waals surface area contributed by atoms with Crippen molar-refractivity contribution >= 4 is 32.6 Å². The number of hydrogen-bond acceptors (Lipinski definition) is 4. The maximum Gasteiger partial charge on any atom is 0.253 e. The monoisotopic (exact) mass is 289 g/mol. The van der Waals surface area contributed by atoms with Crippen LogP contribution in [0.1, 0.15) is 36.5 Å². The Morgan fingerprint density at radius 2 is 2.40 bits per heavy atom. The van der Waals surface area contributed by atoms with Gasteiger partial charge in [-0.15, -0.1) is 0 Å². The van der Waals surface area contributed by atoms with Crippen molar-refractivity contribution in [1.29, 1.82) is 0 Å². The molecule has 2 heterocycles. The Balaban J connectivity index is 1.78. The zero-order valence-electron chi connectivity index (χ0n) is 11.6. The number of anilines is 1. The van der Waals surface area contributed by atoms with E-state index in [1.807, 2.05) is 23.1 Å². The molecule has 1 fully saturated rings. The van der Waals surface area contributed by atoms with E-state index in [9.17, 15) is 4.79 Å². The van der Waals surface area contributed by atoms with Crippen LogP contribution < -0.4 is 5.73 Å². The van der Waals surface area contributed by atoms with Gasteiger partial charge >= 0.3 is 0 Å². The molecule has 3 rings (SSSR count). The second kappa shape index (κ2) is 5.40. The molecule has 0 aliphatic carbocycles. The molecule has 0 radical (unpaired) electrons. The van der Waals surface area contributed by atoms with E-state index in [4.69, 9.17) is 5.73 Å². The van der Waals surface area contributed by atoms with Gasteiger partial charge in [0.2, 0.25) is 0 Å². The van der Waals surface area contributed by atoms with Gasteiger partial charge in [0.15, 0.2) is 5.13 Å². The highest BCUT2D eigenvalue weighted by Crippen LogP contribution is 2.27. The number of aromatic nitrogens is 1. The van der Waals surface area contributed by atoms with E-state index < -0.39 is 0 Å². The SMILES string of the molecule is CCCC1CCN(C(=O)c2ccc3nc(N)sc3c2)C1. The van der Waals surface area contributed by atoms with E-state index in [2.05, 4.69) is 11.9 Å². The summed E-state index contributed by atoms with van der Waals surface area (Å²) in [7, 11) is 0. The molecule has 1 aliphatic heterocycles. The van der Waals surface area contributed by atoms with E-state index >= 15 is 0 Å². The normalized spacial score (nSPS) is 18.9. The molecular weight excluding hydrogens is 270 g/mol. The maximum absolute atomic E-state index is 12.5. The van der Waals surface area contributed by atoms with Gasteiger partial charge < -0.3 is 10.6 Å². The summed E-state index contributed by atoms with van der Waals surface area (Å²) in [4.78, 5) is 18.7. The second-order valence-corrected chi connectivity index (χ2v) is 6.49. The van der Waals surface area contributed by atoms with Crippen LogP contribution in [0.3, 0.4) is 0 Å². The number of rotatable bonds is 3. The Bertz CT molecular complexity index is 637. The van der Waals surface area contributed by atoms with E-state index in [0.29, 0.717) is 11.0 Å². The number of likely N-dealkylation sites (tertiary alicyclic amines) is 1. The first-order valence-corrected chi connectivity index (χ1v) is 7.94. The fraction of sp³-hybridized carbons (Fsp3) is 0.467. The molecule has 106 valence electrons. The Morgan fingerprint density at radius 3 is 3.20 bits per heavy atom.